The van der Waals surface area contributed by atoms with Crippen LogP contribution in [-0.4, -0.2) is 140 Å². The smallest absolute Gasteiger partial charge is 0.220 e. The molecule has 0 aromatic carbocycles. The maximum atomic E-state index is 13.4. The highest BCUT2D eigenvalue weighted by Crippen LogP contribution is 2.30. The summed E-state index contributed by atoms with van der Waals surface area (Å²) in [4.78, 5) is 13.4. The van der Waals surface area contributed by atoms with E-state index in [1.54, 1.807) is 6.08 Å². The molecule has 0 spiro atoms. The zero-order valence-corrected chi connectivity index (χ0v) is 60.6. The zero-order valence-electron chi connectivity index (χ0n) is 60.6. The summed E-state index contributed by atoms with van der Waals surface area (Å²) < 4.78 is 22.9. The van der Waals surface area contributed by atoms with Crippen molar-refractivity contribution in [2.24, 2.45) is 0 Å². The lowest BCUT2D eigenvalue weighted by molar-refractivity contribution is -0.359. The van der Waals surface area contributed by atoms with Crippen LogP contribution in [0.5, 0.6) is 0 Å². The minimum Gasteiger partial charge on any atom is -0.394 e. The van der Waals surface area contributed by atoms with E-state index < -0.39 is 86.8 Å². The van der Waals surface area contributed by atoms with E-state index in [2.05, 4.69) is 116 Å². The molecule has 96 heavy (non-hydrogen) atoms. The third-order valence-electron chi connectivity index (χ3n) is 18.5. The Morgan fingerprint density at radius 1 is 0.385 bits per heavy atom. The van der Waals surface area contributed by atoms with Crippen molar-refractivity contribution in [3.05, 3.63) is 109 Å². The Morgan fingerprint density at radius 2 is 0.719 bits per heavy atom. The number of carbonyl (C=O) groups is 1. The minimum atomic E-state index is -1.79. The van der Waals surface area contributed by atoms with E-state index in [0.29, 0.717) is 6.42 Å². The first kappa shape index (κ1) is 88.7. The number of aliphatic hydroxyl groups is 8. The molecule has 0 aromatic rings. The van der Waals surface area contributed by atoms with Gasteiger partial charge in [0.25, 0.3) is 0 Å². The SMILES string of the molecule is CC/C=C\C/C=C\C/C=C\C/C=C\C/C=C\C/C=C\C/C=C\C/C=C\CCCCCCCCCCCCC(=O)NC(COC1OC(CO)C(OC2OC(CO)C(O)C(O)C2O)C(O)C1O)C(O)/C=C/CCCCCCCCCCCCCCCCCCCCCCCCCCC. The summed E-state index contributed by atoms with van der Waals surface area (Å²) >= 11 is 0. The Balaban J connectivity index is 1.65. The Hall–Kier alpha value is -3.35. The second kappa shape index (κ2) is 65.0. The average Bonchev–Trinajstić information content (AvgIpc) is 0.797. The van der Waals surface area contributed by atoms with E-state index in [9.17, 15) is 45.6 Å². The Kier molecular flexibility index (Phi) is 60.1. The predicted octanol–water partition coefficient (Wildman–Crippen LogP) is 17.5. The molecule has 12 atom stereocenters. The number of aliphatic hydroxyl groups excluding tert-OH is 8. The zero-order chi connectivity index (χ0) is 69.4. The Bertz CT molecular complexity index is 2030. The quantitative estimate of drug-likeness (QED) is 0.0204. The summed E-state index contributed by atoms with van der Waals surface area (Å²) in [5.41, 5.74) is 0. The monoisotopic (exact) mass is 1350 g/mol. The van der Waals surface area contributed by atoms with Gasteiger partial charge in [-0.3, -0.25) is 4.79 Å². The Labute approximate surface area is 585 Å². The third kappa shape index (κ3) is 47.7. The van der Waals surface area contributed by atoms with Crippen LogP contribution in [0.2, 0.25) is 0 Å². The highest BCUT2D eigenvalue weighted by Gasteiger charge is 2.51. The number of amides is 1. The van der Waals surface area contributed by atoms with Gasteiger partial charge in [-0.05, 0) is 83.5 Å². The lowest BCUT2D eigenvalue weighted by atomic mass is 9.97. The van der Waals surface area contributed by atoms with Crippen molar-refractivity contribution in [3.63, 3.8) is 0 Å². The van der Waals surface area contributed by atoms with E-state index in [-0.39, 0.29) is 18.9 Å². The van der Waals surface area contributed by atoms with Gasteiger partial charge in [0, 0.05) is 6.42 Å². The number of ether oxygens (including phenoxy) is 4. The standard InChI is InChI=1S/C82H143NO13/c1-3-5-7-9-11-13-15-17-19-21-23-25-27-29-31-32-33-34-35-36-37-38-40-42-44-46-48-50-52-54-56-58-60-62-64-66-74(87)83-70(69-93-81-79(92)77(90)80(73(68-85)95-81)96-82-78(91)76(89)75(88)72(67-84)94-82)71(86)65-63-61-59-57-55-53-51-49-47-45-43-41-39-30-28-26-24-22-20-18-16-14-12-10-8-6-4-2/h5,7,11,13,17,19,23,25,29,31,33-34,36-37,40,42,63,65,70-73,75-82,84-86,88-92H,3-4,6,8-10,12,14-16,18,20-22,24,26-28,30,32,35,38-39,41,43-62,64,66-69H2,1-2H3,(H,83,87)/b7-5-,13-11-,19-17-,25-23-,31-29-,34-33-,37-36-,42-40-,65-63+. The molecule has 0 saturated carbocycles. The highest BCUT2D eigenvalue weighted by molar-refractivity contribution is 5.76. The number of allylic oxidation sites excluding steroid dienone is 17. The van der Waals surface area contributed by atoms with Crippen molar-refractivity contribution < 1.29 is 64.6 Å². The van der Waals surface area contributed by atoms with Crippen molar-refractivity contribution in [1.29, 1.82) is 0 Å². The molecule has 0 radical (unpaired) electrons. The molecule has 2 fully saturated rings. The molecule has 554 valence electrons. The fourth-order valence-corrected chi connectivity index (χ4v) is 12.3. The van der Waals surface area contributed by atoms with Gasteiger partial charge in [0.05, 0.1) is 32.0 Å². The van der Waals surface area contributed by atoms with Gasteiger partial charge in [0.15, 0.2) is 12.6 Å². The van der Waals surface area contributed by atoms with Gasteiger partial charge in [-0.1, -0.05) is 329 Å². The molecule has 12 unspecified atom stereocenters. The summed E-state index contributed by atoms with van der Waals surface area (Å²) in [6.07, 6.45) is 77.2. The van der Waals surface area contributed by atoms with E-state index in [1.807, 2.05) is 6.08 Å². The van der Waals surface area contributed by atoms with Crippen LogP contribution >= 0.6 is 0 Å². The molecule has 0 aliphatic carbocycles. The molecule has 2 heterocycles. The van der Waals surface area contributed by atoms with Crippen molar-refractivity contribution in [3.8, 4) is 0 Å². The van der Waals surface area contributed by atoms with Crippen LogP contribution in [0.25, 0.3) is 0 Å². The molecule has 2 aliphatic heterocycles. The first-order valence-electron chi connectivity index (χ1n) is 39.1. The maximum Gasteiger partial charge on any atom is 0.220 e. The van der Waals surface area contributed by atoms with Crippen LogP contribution in [0, 0.1) is 0 Å². The fourth-order valence-electron chi connectivity index (χ4n) is 12.3. The second-order valence-electron chi connectivity index (χ2n) is 27.1. The molecular formula is C82H143NO13. The van der Waals surface area contributed by atoms with Crippen molar-refractivity contribution in [2.45, 2.75) is 383 Å². The van der Waals surface area contributed by atoms with Gasteiger partial charge in [-0.15, -0.1) is 0 Å². The van der Waals surface area contributed by atoms with Crippen LogP contribution < -0.4 is 5.32 Å². The van der Waals surface area contributed by atoms with Crippen LogP contribution in [0.3, 0.4) is 0 Å². The topological polar surface area (TPSA) is 228 Å². The number of carbonyl (C=O) groups excluding carboxylic acids is 1. The summed E-state index contributed by atoms with van der Waals surface area (Å²) in [6.45, 7) is 2.72. The van der Waals surface area contributed by atoms with Crippen molar-refractivity contribution in [1.82, 2.24) is 5.32 Å². The number of rotatable bonds is 64. The number of unbranched alkanes of at least 4 members (excludes halogenated alkanes) is 35. The van der Waals surface area contributed by atoms with Gasteiger partial charge < -0.3 is 65.1 Å². The molecule has 2 aliphatic rings. The molecule has 0 aromatic heterocycles. The van der Waals surface area contributed by atoms with Gasteiger partial charge in [-0.2, -0.15) is 0 Å². The average molecular weight is 1350 g/mol. The molecule has 14 nitrogen and oxygen atoms in total. The number of hydrogen-bond acceptors (Lipinski definition) is 13. The molecule has 9 N–H and O–H groups in total. The Morgan fingerprint density at radius 3 is 1.10 bits per heavy atom. The first-order valence-corrected chi connectivity index (χ1v) is 39.1. The summed E-state index contributed by atoms with van der Waals surface area (Å²) in [7, 11) is 0. The van der Waals surface area contributed by atoms with Gasteiger partial charge >= 0.3 is 0 Å². The normalized spacial score (nSPS) is 22.9. The minimum absolute atomic E-state index is 0.245. The van der Waals surface area contributed by atoms with Crippen molar-refractivity contribution in [2.75, 3.05) is 19.8 Å². The predicted molar refractivity (Wildman–Crippen MR) is 396 cm³/mol. The molecular weight excluding hydrogens is 1210 g/mol. The fraction of sp³-hybridized carbons (Fsp3) is 0.768. The van der Waals surface area contributed by atoms with Gasteiger partial charge in [0.1, 0.15) is 48.8 Å². The van der Waals surface area contributed by atoms with Crippen LogP contribution in [-0.2, 0) is 23.7 Å². The van der Waals surface area contributed by atoms with E-state index in [1.165, 1.54) is 186 Å². The molecule has 2 rings (SSSR count). The van der Waals surface area contributed by atoms with E-state index in [4.69, 9.17) is 18.9 Å². The summed E-state index contributed by atoms with van der Waals surface area (Å²) in [5, 5.41) is 87.7. The van der Waals surface area contributed by atoms with Crippen molar-refractivity contribution >= 4 is 5.91 Å². The van der Waals surface area contributed by atoms with Crippen LogP contribution in [0.15, 0.2) is 109 Å². The summed E-state index contributed by atoms with van der Waals surface area (Å²) in [5.74, 6) is -0.245. The number of hydrogen-bond donors (Lipinski definition) is 9. The van der Waals surface area contributed by atoms with Crippen LogP contribution in [0.1, 0.15) is 309 Å². The number of nitrogens with one attached hydrogen (secondary N) is 1. The van der Waals surface area contributed by atoms with E-state index >= 15 is 0 Å². The largest absolute Gasteiger partial charge is 0.394 e. The molecule has 1 amide bonds. The highest BCUT2D eigenvalue weighted by atomic mass is 16.7. The molecule has 0 bridgehead atoms. The third-order valence-corrected chi connectivity index (χ3v) is 18.5. The van der Waals surface area contributed by atoms with Gasteiger partial charge in [0.2, 0.25) is 5.91 Å². The summed E-state index contributed by atoms with van der Waals surface area (Å²) in [6, 6.07) is -0.926. The molecule has 14 heteroatoms. The molecule has 2 saturated heterocycles. The second-order valence-corrected chi connectivity index (χ2v) is 27.1. The lowest BCUT2D eigenvalue weighted by Gasteiger charge is -2.46. The maximum absolute atomic E-state index is 13.4. The van der Waals surface area contributed by atoms with Crippen LogP contribution in [0.4, 0.5) is 0 Å². The van der Waals surface area contributed by atoms with E-state index in [0.717, 1.165) is 96.3 Å². The first-order chi connectivity index (χ1) is 47.1. The van der Waals surface area contributed by atoms with Gasteiger partial charge in [-0.25, -0.2) is 0 Å². The lowest BCUT2D eigenvalue weighted by Crippen LogP contribution is -2.65.